The van der Waals surface area contributed by atoms with E-state index in [0.29, 0.717) is 10.8 Å². The summed E-state index contributed by atoms with van der Waals surface area (Å²) in [6.07, 6.45) is 3.00. The van der Waals surface area contributed by atoms with E-state index < -0.39 is 15.9 Å². The van der Waals surface area contributed by atoms with E-state index in [1.807, 2.05) is 12.1 Å². The van der Waals surface area contributed by atoms with Gasteiger partial charge in [0.25, 0.3) is 15.9 Å². The zero-order valence-corrected chi connectivity index (χ0v) is 19.0. The highest BCUT2D eigenvalue weighted by Crippen LogP contribution is 2.28. The topological polar surface area (TPSA) is 63.7 Å². The van der Waals surface area contributed by atoms with Crippen LogP contribution in [-0.2, 0) is 16.4 Å². The van der Waals surface area contributed by atoms with E-state index in [9.17, 15) is 13.2 Å². The quantitative estimate of drug-likeness (QED) is 0.433. The van der Waals surface area contributed by atoms with Gasteiger partial charge in [0.2, 0.25) is 0 Å². The van der Waals surface area contributed by atoms with Crippen LogP contribution in [0.4, 0.5) is 5.69 Å². The molecule has 0 aromatic heterocycles. The molecule has 31 heavy (non-hydrogen) atoms. The highest BCUT2D eigenvalue weighted by Gasteiger charge is 2.32. The Balaban J connectivity index is 2.06. The first-order chi connectivity index (χ1) is 14.9. The van der Waals surface area contributed by atoms with Gasteiger partial charge in [-0.2, -0.15) is 4.31 Å². The van der Waals surface area contributed by atoms with Gasteiger partial charge in [0, 0.05) is 10.6 Å². The molecule has 0 aliphatic heterocycles. The monoisotopic (exact) mass is 457 g/mol. The van der Waals surface area contributed by atoms with Gasteiger partial charge in [-0.3, -0.25) is 4.79 Å². The van der Waals surface area contributed by atoms with Crippen LogP contribution in [0.1, 0.15) is 35.7 Å². The Morgan fingerprint density at radius 1 is 0.935 bits per heavy atom. The van der Waals surface area contributed by atoms with Crippen molar-refractivity contribution < 1.29 is 17.9 Å². The van der Waals surface area contributed by atoms with Gasteiger partial charge in [0.1, 0.15) is 5.75 Å². The van der Waals surface area contributed by atoms with Crippen LogP contribution in [0.5, 0.6) is 5.75 Å². The SMILES string of the molecule is CCCCc1ccc(N(C(=O)c2ccc(OC)cc2)S(=O)(=O)c2ccc(Cl)cc2)cc1. The van der Waals surface area contributed by atoms with Crippen molar-refractivity contribution in [2.24, 2.45) is 0 Å². The molecule has 3 rings (SSSR count). The van der Waals surface area contributed by atoms with Gasteiger partial charge in [0.05, 0.1) is 17.7 Å². The molecule has 0 fully saturated rings. The number of nitrogens with zero attached hydrogens (tertiary/aromatic N) is 1. The van der Waals surface area contributed by atoms with E-state index in [1.165, 1.54) is 31.4 Å². The average molecular weight is 458 g/mol. The predicted molar refractivity (Wildman–Crippen MR) is 123 cm³/mol. The number of amides is 1. The molecule has 162 valence electrons. The summed E-state index contributed by atoms with van der Waals surface area (Å²) >= 11 is 5.92. The first-order valence-corrected chi connectivity index (χ1v) is 11.8. The lowest BCUT2D eigenvalue weighted by atomic mass is 10.1. The standard InChI is InChI=1S/C24H24ClNO4S/c1-3-4-5-18-6-12-21(13-7-18)26(24(27)19-8-14-22(30-2)15-9-19)31(28,29)23-16-10-20(25)11-17-23/h6-17H,3-5H2,1-2H3. The number of benzene rings is 3. The van der Waals surface area contributed by atoms with Crippen LogP contribution >= 0.6 is 11.6 Å². The minimum Gasteiger partial charge on any atom is -0.497 e. The molecule has 0 aliphatic carbocycles. The van der Waals surface area contributed by atoms with Crippen molar-refractivity contribution >= 4 is 33.2 Å². The molecule has 0 bridgehead atoms. The van der Waals surface area contributed by atoms with E-state index in [1.54, 1.807) is 36.4 Å². The van der Waals surface area contributed by atoms with Crippen molar-refractivity contribution in [2.45, 2.75) is 31.1 Å². The second kappa shape index (κ2) is 9.98. The number of unbranched alkanes of at least 4 members (excludes halogenated alkanes) is 1. The highest BCUT2D eigenvalue weighted by molar-refractivity contribution is 7.93. The van der Waals surface area contributed by atoms with Crippen LogP contribution in [0.25, 0.3) is 0 Å². The molecule has 0 saturated heterocycles. The van der Waals surface area contributed by atoms with Crippen LogP contribution in [0.2, 0.25) is 5.02 Å². The number of sulfonamides is 1. The number of aryl methyl sites for hydroxylation is 1. The van der Waals surface area contributed by atoms with Gasteiger partial charge >= 0.3 is 0 Å². The lowest BCUT2D eigenvalue weighted by molar-refractivity contribution is 0.101. The van der Waals surface area contributed by atoms with E-state index in [2.05, 4.69) is 6.92 Å². The maximum Gasteiger partial charge on any atom is 0.272 e. The minimum absolute atomic E-state index is 0.0196. The molecule has 0 atom stereocenters. The Labute approximate surface area is 188 Å². The number of anilines is 1. The van der Waals surface area contributed by atoms with Gasteiger partial charge in [-0.05, 0) is 79.1 Å². The smallest absolute Gasteiger partial charge is 0.272 e. The summed E-state index contributed by atoms with van der Waals surface area (Å²) < 4.78 is 32.9. The van der Waals surface area contributed by atoms with Crippen LogP contribution in [0.3, 0.4) is 0 Å². The third kappa shape index (κ3) is 5.27. The van der Waals surface area contributed by atoms with Crippen LogP contribution in [0, 0.1) is 0 Å². The lowest BCUT2D eigenvalue weighted by Crippen LogP contribution is -2.37. The second-order valence-corrected chi connectivity index (χ2v) is 9.25. The Morgan fingerprint density at radius 3 is 2.10 bits per heavy atom. The normalized spacial score (nSPS) is 11.2. The van der Waals surface area contributed by atoms with E-state index in [0.717, 1.165) is 29.1 Å². The first-order valence-electron chi connectivity index (χ1n) is 9.95. The van der Waals surface area contributed by atoms with Crippen LogP contribution in [0.15, 0.2) is 77.7 Å². The van der Waals surface area contributed by atoms with Crippen molar-refractivity contribution in [1.82, 2.24) is 0 Å². The number of hydrogen-bond acceptors (Lipinski definition) is 4. The molecule has 0 N–H and O–H groups in total. The molecule has 0 heterocycles. The van der Waals surface area contributed by atoms with Crippen molar-refractivity contribution in [3.8, 4) is 5.75 Å². The second-order valence-electron chi connectivity index (χ2n) is 7.03. The zero-order valence-electron chi connectivity index (χ0n) is 17.4. The number of hydrogen-bond donors (Lipinski definition) is 0. The number of methoxy groups -OCH3 is 1. The lowest BCUT2D eigenvalue weighted by Gasteiger charge is -2.23. The van der Waals surface area contributed by atoms with Crippen molar-refractivity contribution in [1.29, 1.82) is 0 Å². The Morgan fingerprint density at radius 2 is 1.55 bits per heavy atom. The van der Waals surface area contributed by atoms with Crippen LogP contribution in [-0.4, -0.2) is 21.4 Å². The van der Waals surface area contributed by atoms with E-state index in [-0.39, 0.29) is 16.1 Å². The number of carbonyl (C=O) groups excluding carboxylic acids is 1. The molecule has 7 heteroatoms. The van der Waals surface area contributed by atoms with Gasteiger partial charge in [-0.1, -0.05) is 37.1 Å². The summed E-state index contributed by atoms with van der Waals surface area (Å²) in [6.45, 7) is 2.11. The summed E-state index contributed by atoms with van der Waals surface area (Å²) in [4.78, 5) is 13.3. The maximum absolute atomic E-state index is 13.5. The largest absolute Gasteiger partial charge is 0.497 e. The molecular weight excluding hydrogens is 434 g/mol. The summed E-state index contributed by atoms with van der Waals surface area (Å²) in [7, 11) is -2.65. The minimum atomic E-state index is -4.17. The molecule has 0 spiro atoms. The highest BCUT2D eigenvalue weighted by atomic mass is 35.5. The number of rotatable bonds is 8. The number of carbonyl (C=O) groups is 1. The summed E-state index contributed by atoms with van der Waals surface area (Å²) in [5, 5.41) is 0.409. The van der Waals surface area contributed by atoms with E-state index >= 15 is 0 Å². The molecule has 0 radical (unpaired) electrons. The average Bonchev–Trinajstić information content (AvgIpc) is 2.79. The van der Waals surface area contributed by atoms with Crippen molar-refractivity contribution in [2.75, 3.05) is 11.4 Å². The number of ether oxygens (including phenoxy) is 1. The Kier molecular flexibility index (Phi) is 7.36. The number of halogens is 1. The molecule has 3 aromatic rings. The molecule has 5 nitrogen and oxygen atoms in total. The van der Waals surface area contributed by atoms with Gasteiger partial charge in [-0.25, -0.2) is 8.42 Å². The third-order valence-corrected chi connectivity index (χ3v) is 6.84. The fourth-order valence-electron chi connectivity index (χ4n) is 3.11. The van der Waals surface area contributed by atoms with E-state index in [4.69, 9.17) is 16.3 Å². The Bertz CT molecular complexity index is 1130. The molecule has 0 unspecified atom stereocenters. The third-order valence-electron chi connectivity index (χ3n) is 4.86. The van der Waals surface area contributed by atoms with Crippen molar-refractivity contribution in [3.63, 3.8) is 0 Å². The molecule has 0 aliphatic rings. The van der Waals surface area contributed by atoms with Gasteiger partial charge in [-0.15, -0.1) is 0 Å². The summed E-state index contributed by atoms with van der Waals surface area (Å²) in [5.41, 5.74) is 1.59. The fourth-order valence-corrected chi connectivity index (χ4v) is 4.65. The molecule has 3 aromatic carbocycles. The maximum atomic E-state index is 13.5. The predicted octanol–water partition coefficient (Wildman–Crippen LogP) is 5.73. The fraction of sp³-hybridized carbons (Fsp3) is 0.208. The van der Waals surface area contributed by atoms with Crippen molar-refractivity contribution in [3.05, 3.63) is 88.9 Å². The van der Waals surface area contributed by atoms with Gasteiger partial charge in [0.15, 0.2) is 0 Å². The molecular formula is C24H24ClNO4S. The summed E-state index contributed by atoms with van der Waals surface area (Å²) in [6, 6.07) is 19.1. The molecule has 1 amide bonds. The van der Waals surface area contributed by atoms with Crippen LogP contribution < -0.4 is 9.04 Å². The van der Waals surface area contributed by atoms with Gasteiger partial charge < -0.3 is 4.74 Å². The molecule has 0 saturated carbocycles. The summed E-state index contributed by atoms with van der Waals surface area (Å²) in [5.74, 6) is -0.0807. The Hall–Kier alpha value is -2.83. The first kappa shape index (κ1) is 22.8. The zero-order chi connectivity index (χ0) is 22.4.